The van der Waals surface area contributed by atoms with Crippen LogP contribution in [0.2, 0.25) is 5.02 Å². The first-order chi connectivity index (χ1) is 8.66. The first-order valence-electron chi connectivity index (χ1n) is 5.42. The summed E-state index contributed by atoms with van der Waals surface area (Å²) in [5.74, 6) is 0.708. The third-order valence-corrected chi connectivity index (χ3v) is 3.65. The van der Waals surface area contributed by atoms with Crippen molar-refractivity contribution in [3.8, 4) is 0 Å². The minimum Gasteiger partial charge on any atom is -0.469 e. The van der Waals surface area contributed by atoms with Crippen molar-refractivity contribution in [3.05, 3.63) is 57.4 Å². The van der Waals surface area contributed by atoms with Gasteiger partial charge in [-0.25, -0.2) is 0 Å². The summed E-state index contributed by atoms with van der Waals surface area (Å²) in [7, 11) is 0. The summed E-state index contributed by atoms with van der Waals surface area (Å²) in [6.45, 7) is 0.528. The molecule has 2 rings (SSSR count). The number of carbonyl (C=O) groups is 1. The molecule has 0 saturated carbocycles. The normalized spacial score (nSPS) is 10.3. The lowest BCUT2D eigenvalue weighted by molar-refractivity contribution is 0.0953. The lowest BCUT2D eigenvalue weighted by Gasteiger charge is -2.05. The van der Waals surface area contributed by atoms with Crippen LogP contribution >= 0.6 is 27.5 Å². The SMILES string of the molecule is O=C(NCCc1ccco1)c1ccc(Br)c(Cl)c1. The number of hydrogen-bond acceptors (Lipinski definition) is 2. The molecule has 94 valence electrons. The smallest absolute Gasteiger partial charge is 0.251 e. The van der Waals surface area contributed by atoms with Crippen molar-refractivity contribution in [3.63, 3.8) is 0 Å². The Kier molecular flexibility index (Phi) is 4.44. The summed E-state index contributed by atoms with van der Waals surface area (Å²) in [6.07, 6.45) is 2.29. The van der Waals surface area contributed by atoms with E-state index in [-0.39, 0.29) is 5.91 Å². The standard InChI is InChI=1S/C13H11BrClNO2/c14-11-4-3-9(8-12(11)15)13(17)16-6-5-10-2-1-7-18-10/h1-4,7-8H,5-6H2,(H,16,17). The Morgan fingerprint density at radius 3 is 2.89 bits per heavy atom. The molecule has 0 unspecified atom stereocenters. The van der Waals surface area contributed by atoms with Crippen molar-refractivity contribution in [1.82, 2.24) is 5.32 Å². The Balaban J connectivity index is 1.89. The van der Waals surface area contributed by atoms with Crippen LogP contribution in [0.25, 0.3) is 0 Å². The molecule has 0 bridgehead atoms. The van der Waals surface area contributed by atoms with Gasteiger partial charge >= 0.3 is 0 Å². The zero-order valence-electron chi connectivity index (χ0n) is 9.45. The Bertz CT molecular complexity index is 540. The van der Waals surface area contributed by atoms with Crippen LogP contribution in [0.15, 0.2) is 45.5 Å². The topological polar surface area (TPSA) is 42.2 Å². The van der Waals surface area contributed by atoms with Gasteiger partial charge in [0.1, 0.15) is 5.76 Å². The van der Waals surface area contributed by atoms with Gasteiger partial charge in [-0.2, -0.15) is 0 Å². The average molecular weight is 329 g/mol. The van der Waals surface area contributed by atoms with Crippen molar-refractivity contribution in [1.29, 1.82) is 0 Å². The Hall–Kier alpha value is -1.26. The highest BCUT2D eigenvalue weighted by molar-refractivity contribution is 9.10. The maximum atomic E-state index is 11.8. The number of carbonyl (C=O) groups excluding carboxylic acids is 1. The van der Waals surface area contributed by atoms with Gasteiger partial charge in [-0.1, -0.05) is 11.6 Å². The number of halogens is 2. The van der Waals surface area contributed by atoms with Gasteiger partial charge in [0.25, 0.3) is 5.91 Å². The number of rotatable bonds is 4. The van der Waals surface area contributed by atoms with Crippen LogP contribution in [-0.2, 0) is 6.42 Å². The Morgan fingerprint density at radius 2 is 2.22 bits per heavy atom. The fraction of sp³-hybridized carbons (Fsp3) is 0.154. The van der Waals surface area contributed by atoms with E-state index >= 15 is 0 Å². The van der Waals surface area contributed by atoms with Gasteiger partial charge in [-0.3, -0.25) is 4.79 Å². The molecule has 0 atom stereocenters. The molecule has 18 heavy (non-hydrogen) atoms. The van der Waals surface area contributed by atoms with Crippen molar-refractivity contribution < 1.29 is 9.21 Å². The second-order valence-corrected chi connectivity index (χ2v) is 4.98. The lowest BCUT2D eigenvalue weighted by atomic mass is 10.2. The first kappa shape index (κ1) is 13.2. The highest BCUT2D eigenvalue weighted by atomic mass is 79.9. The lowest BCUT2D eigenvalue weighted by Crippen LogP contribution is -2.25. The highest BCUT2D eigenvalue weighted by Crippen LogP contribution is 2.23. The fourth-order valence-corrected chi connectivity index (χ4v) is 1.92. The molecule has 3 nitrogen and oxygen atoms in total. The van der Waals surface area contributed by atoms with Gasteiger partial charge in [0.15, 0.2) is 0 Å². The largest absolute Gasteiger partial charge is 0.469 e. The Labute approximate surface area is 118 Å². The van der Waals surface area contributed by atoms with Crippen molar-refractivity contribution in [2.24, 2.45) is 0 Å². The summed E-state index contributed by atoms with van der Waals surface area (Å²) in [6, 6.07) is 8.81. The molecule has 0 aliphatic heterocycles. The molecule has 0 fully saturated rings. The second kappa shape index (κ2) is 6.07. The number of benzene rings is 1. The molecule has 1 amide bonds. The van der Waals surface area contributed by atoms with Gasteiger partial charge in [-0.05, 0) is 46.3 Å². The van der Waals surface area contributed by atoms with Gasteiger partial charge in [0.2, 0.25) is 0 Å². The van der Waals surface area contributed by atoms with Gasteiger partial charge in [0.05, 0.1) is 11.3 Å². The van der Waals surface area contributed by atoms with E-state index in [2.05, 4.69) is 21.2 Å². The minimum atomic E-state index is -0.143. The van der Waals surface area contributed by atoms with Crippen LogP contribution in [0.1, 0.15) is 16.1 Å². The predicted molar refractivity (Wildman–Crippen MR) is 73.9 cm³/mol. The van der Waals surface area contributed by atoms with E-state index in [0.29, 0.717) is 23.6 Å². The van der Waals surface area contributed by atoms with Crippen LogP contribution in [0.3, 0.4) is 0 Å². The zero-order chi connectivity index (χ0) is 13.0. The first-order valence-corrected chi connectivity index (χ1v) is 6.59. The van der Waals surface area contributed by atoms with Crippen molar-refractivity contribution >= 4 is 33.4 Å². The third kappa shape index (κ3) is 3.37. The monoisotopic (exact) mass is 327 g/mol. The minimum absolute atomic E-state index is 0.143. The van der Waals surface area contributed by atoms with Gasteiger partial charge < -0.3 is 9.73 Å². The molecule has 5 heteroatoms. The Morgan fingerprint density at radius 1 is 1.39 bits per heavy atom. The average Bonchev–Trinajstić information content (AvgIpc) is 2.85. The predicted octanol–water partition coefficient (Wildman–Crippen LogP) is 3.67. The molecule has 0 aliphatic rings. The number of nitrogens with one attached hydrogen (secondary N) is 1. The molecule has 1 heterocycles. The van der Waals surface area contributed by atoms with Crippen molar-refractivity contribution in [2.75, 3.05) is 6.54 Å². The number of hydrogen-bond donors (Lipinski definition) is 1. The van der Waals surface area contributed by atoms with E-state index in [0.717, 1.165) is 10.2 Å². The maximum Gasteiger partial charge on any atom is 0.251 e. The van der Waals surface area contributed by atoms with Gasteiger partial charge in [0, 0.05) is 23.0 Å². The molecule has 0 saturated heterocycles. The molecule has 2 aromatic rings. The van der Waals surface area contributed by atoms with E-state index in [9.17, 15) is 4.79 Å². The fourth-order valence-electron chi connectivity index (χ4n) is 1.49. The van der Waals surface area contributed by atoms with Crippen LogP contribution in [0, 0.1) is 0 Å². The second-order valence-electron chi connectivity index (χ2n) is 3.71. The zero-order valence-corrected chi connectivity index (χ0v) is 11.8. The summed E-state index contributed by atoms with van der Waals surface area (Å²) in [5, 5.41) is 3.33. The summed E-state index contributed by atoms with van der Waals surface area (Å²) < 4.78 is 5.95. The van der Waals surface area contributed by atoms with E-state index in [1.165, 1.54) is 0 Å². The molecule has 1 aromatic heterocycles. The number of furan rings is 1. The van der Waals surface area contributed by atoms with Crippen LogP contribution in [-0.4, -0.2) is 12.5 Å². The molecule has 1 aromatic carbocycles. The third-order valence-electron chi connectivity index (χ3n) is 2.42. The van der Waals surface area contributed by atoms with Gasteiger partial charge in [-0.15, -0.1) is 0 Å². The summed E-state index contributed by atoms with van der Waals surface area (Å²) in [4.78, 5) is 11.8. The molecule has 0 radical (unpaired) electrons. The van der Waals surface area contributed by atoms with Crippen LogP contribution in [0.5, 0.6) is 0 Å². The summed E-state index contributed by atoms with van der Waals surface area (Å²) in [5.41, 5.74) is 0.544. The molecular formula is C13H11BrClNO2. The summed E-state index contributed by atoms with van der Waals surface area (Å²) >= 11 is 9.21. The van der Waals surface area contributed by atoms with E-state index in [1.54, 1.807) is 24.5 Å². The van der Waals surface area contributed by atoms with Crippen molar-refractivity contribution in [2.45, 2.75) is 6.42 Å². The maximum absolute atomic E-state index is 11.8. The molecule has 0 spiro atoms. The van der Waals surface area contributed by atoms with Crippen LogP contribution in [0.4, 0.5) is 0 Å². The molecular weight excluding hydrogens is 318 g/mol. The highest BCUT2D eigenvalue weighted by Gasteiger charge is 2.07. The van der Waals surface area contributed by atoms with E-state index in [4.69, 9.17) is 16.0 Å². The van der Waals surface area contributed by atoms with E-state index in [1.807, 2.05) is 12.1 Å². The van der Waals surface area contributed by atoms with E-state index < -0.39 is 0 Å². The quantitative estimate of drug-likeness (QED) is 0.930. The van der Waals surface area contributed by atoms with Crippen LogP contribution < -0.4 is 5.32 Å². The molecule has 1 N–H and O–H groups in total. The molecule has 0 aliphatic carbocycles. The number of amides is 1.